The average molecular weight is 381 g/mol. The summed E-state index contributed by atoms with van der Waals surface area (Å²) in [5.41, 5.74) is 1.93. The highest BCUT2D eigenvalue weighted by Gasteiger charge is 2.46. The number of nitriles is 2. The molecule has 1 aromatic carbocycles. The summed E-state index contributed by atoms with van der Waals surface area (Å²) in [7, 11) is 0. The Balaban J connectivity index is 1.49. The lowest BCUT2D eigenvalue weighted by atomic mass is 9.95. The van der Waals surface area contributed by atoms with Gasteiger partial charge in [0.05, 0.1) is 47.0 Å². The van der Waals surface area contributed by atoms with Gasteiger partial charge in [-0.05, 0) is 37.5 Å². The Labute approximate surface area is 161 Å². The number of halogens is 1. The van der Waals surface area contributed by atoms with E-state index in [1.807, 2.05) is 4.90 Å². The van der Waals surface area contributed by atoms with Crippen molar-refractivity contribution in [1.82, 2.24) is 20.0 Å². The lowest BCUT2D eigenvalue weighted by molar-refractivity contribution is 0.0928. The SMILES string of the molecule is N#CCc1cnn(-c2ccc(C(=O)N[C@@H]3C[C@@H]4CC[C@H]3N4C#N)c(Cl)c2)c1. The molecule has 1 N–H and O–H groups in total. The number of aromatic nitrogens is 2. The molecular weight excluding hydrogens is 364 g/mol. The highest BCUT2D eigenvalue weighted by Crippen LogP contribution is 2.37. The van der Waals surface area contributed by atoms with Gasteiger partial charge in [0.15, 0.2) is 6.19 Å². The third kappa shape index (κ3) is 3.11. The normalized spacial score (nSPS) is 23.1. The summed E-state index contributed by atoms with van der Waals surface area (Å²) in [6, 6.07) is 7.52. The van der Waals surface area contributed by atoms with Crippen LogP contribution in [0.15, 0.2) is 30.6 Å². The van der Waals surface area contributed by atoms with Crippen LogP contribution in [-0.2, 0) is 6.42 Å². The van der Waals surface area contributed by atoms with Crippen LogP contribution < -0.4 is 5.32 Å². The number of amides is 1. The molecule has 0 unspecified atom stereocenters. The lowest BCUT2D eigenvalue weighted by Gasteiger charge is -2.22. The number of nitrogens with zero attached hydrogens (tertiary/aromatic N) is 5. The van der Waals surface area contributed by atoms with E-state index in [1.165, 1.54) is 0 Å². The molecule has 2 fully saturated rings. The largest absolute Gasteiger partial charge is 0.347 e. The Bertz CT molecular complexity index is 971. The zero-order chi connectivity index (χ0) is 19.0. The van der Waals surface area contributed by atoms with E-state index in [0.29, 0.717) is 10.6 Å². The molecule has 8 heteroatoms. The highest BCUT2D eigenvalue weighted by atomic mass is 35.5. The van der Waals surface area contributed by atoms with Crippen molar-refractivity contribution in [2.75, 3.05) is 0 Å². The van der Waals surface area contributed by atoms with Crippen LogP contribution in [0.25, 0.3) is 5.69 Å². The quantitative estimate of drug-likeness (QED) is 0.821. The van der Waals surface area contributed by atoms with Crippen molar-refractivity contribution < 1.29 is 4.79 Å². The Morgan fingerprint density at radius 1 is 1.37 bits per heavy atom. The smallest absolute Gasteiger partial charge is 0.253 e. The van der Waals surface area contributed by atoms with Gasteiger partial charge in [-0.15, -0.1) is 0 Å². The van der Waals surface area contributed by atoms with Gasteiger partial charge >= 0.3 is 0 Å². The van der Waals surface area contributed by atoms with Crippen LogP contribution in [0.3, 0.4) is 0 Å². The molecular formula is C19H17ClN6O. The van der Waals surface area contributed by atoms with Crippen LogP contribution in [-0.4, -0.2) is 38.7 Å². The Morgan fingerprint density at radius 2 is 2.22 bits per heavy atom. The predicted molar refractivity (Wildman–Crippen MR) is 98.0 cm³/mol. The molecule has 0 saturated carbocycles. The van der Waals surface area contributed by atoms with Crippen molar-refractivity contribution in [1.29, 1.82) is 10.5 Å². The summed E-state index contributed by atoms with van der Waals surface area (Å²) >= 11 is 6.35. The maximum absolute atomic E-state index is 12.7. The van der Waals surface area contributed by atoms with E-state index in [0.717, 1.165) is 30.5 Å². The molecule has 4 rings (SSSR count). The molecule has 3 atom stereocenters. The zero-order valence-corrected chi connectivity index (χ0v) is 15.2. The topological polar surface area (TPSA) is 97.7 Å². The average Bonchev–Trinajstić information content (AvgIpc) is 3.35. The van der Waals surface area contributed by atoms with E-state index in [-0.39, 0.29) is 30.5 Å². The molecule has 1 aromatic heterocycles. The first-order chi connectivity index (χ1) is 13.1. The summed E-state index contributed by atoms with van der Waals surface area (Å²) < 4.78 is 1.63. The van der Waals surface area contributed by atoms with E-state index < -0.39 is 0 Å². The lowest BCUT2D eigenvalue weighted by Crippen LogP contribution is -2.43. The second kappa shape index (κ2) is 6.94. The minimum atomic E-state index is -0.229. The third-order valence-corrected chi connectivity index (χ3v) is 5.66. The molecule has 2 saturated heterocycles. The van der Waals surface area contributed by atoms with Crippen molar-refractivity contribution in [3.8, 4) is 17.9 Å². The van der Waals surface area contributed by atoms with Crippen LogP contribution in [0, 0.1) is 22.8 Å². The first kappa shape index (κ1) is 17.4. The Hall–Kier alpha value is -3.03. The van der Waals surface area contributed by atoms with Crippen molar-refractivity contribution >= 4 is 17.5 Å². The molecule has 2 aromatic rings. The number of fused-ring (bicyclic) bond motifs is 2. The standard InChI is InChI=1S/C19H17ClN6O/c20-16-7-14(26-10-12(5-6-21)9-23-26)1-3-15(16)19(27)24-17-8-13-2-4-18(17)25(13)11-22/h1,3,7,9-10,13,17-18H,2,4-5,8H2,(H,24,27)/t13-,17+,18+/m0/s1. The van der Waals surface area contributed by atoms with Gasteiger partial charge < -0.3 is 10.2 Å². The molecule has 1 amide bonds. The maximum atomic E-state index is 12.7. The number of nitrogens with one attached hydrogen (secondary N) is 1. The summed E-state index contributed by atoms with van der Waals surface area (Å²) in [4.78, 5) is 14.5. The van der Waals surface area contributed by atoms with Gasteiger partial charge in [0, 0.05) is 17.8 Å². The zero-order valence-electron chi connectivity index (χ0n) is 14.5. The van der Waals surface area contributed by atoms with Gasteiger partial charge in [-0.1, -0.05) is 11.6 Å². The molecule has 7 nitrogen and oxygen atoms in total. The van der Waals surface area contributed by atoms with Gasteiger partial charge in [0.1, 0.15) is 0 Å². The van der Waals surface area contributed by atoms with Crippen LogP contribution in [0.4, 0.5) is 0 Å². The van der Waals surface area contributed by atoms with E-state index >= 15 is 0 Å². The number of carbonyl (C=O) groups is 1. The highest BCUT2D eigenvalue weighted by molar-refractivity contribution is 6.34. The van der Waals surface area contributed by atoms with Crippen LogP contribution in [0.2, 0.25) is 5.02 Å². The molecule has 0 spiro atoms. The molecule has 3 heterocycles. The second-order valence-corrected chi connectivity index (χ2v) is 7.32. The van der Waals surface area contributed by atoms with Crippen LogP contribution >= 0.6 is 11.6 Å². The molecule has 2 aliphatic rings. The van der Waals surface area contributed by atoms with Crippen molar-refractivity contribution in [2.45, 2.75) is 43.8 Å². The number of hydrogen-bond donors (Lipinski definition) is 1. The van der Waals surface area contributed by atoms with E-state index in [9.17, 15) is 10.1 Å². The first-order valence-corrected chi connectivity index (χ1v) is 9.18. The van der Waals surface area contributed by atoms with Crippen molar-refractivity contribution in [3.05, 3.63) is 46.7 Å². The van der Waals surface area contributed by atoms with Crippen molar-refractivity contribution in [2.24, 2.45) is 0 Å². The molecule has 27 heavy (non-hydrogen) atoms. The fourth-order valence-electron chi connectivity index (χ4n) is 4.06. The summed E-state index contributed by atoms with van der Waals surface area (Å²) in [6.07, 6.45) is 8.67. The number of rotatable bonds is 4. The molecule has 0 aliphatic carbocycles. The summed E-state index contributed by atoms with van der Waals surface area (Å²) in [6.45, 7) is 0. The minimum absolute atomic E-state index is 0.0219. The van der Waals surface area contributed by atoms with E-state index in [4.69, 9.17) is 16.9 Å². The van der Waals surface area contributed by atoms with Gasteiger partial charge in [0.2, 0.25) is 0 Å². The summed E-state index contributed by atoms with van der Waals surface area (Å²) in [5, 5.41) is 25.6. The van der Waals surface area contributed by atoms with Crippen molar-refractivity contribution in [3.63, 3.8) is 0 Å². The third-order valence-electron chi connectivity index (χ3n) is 5.35. The molecule has 0 radical (unpaired) electrons. The number of carbonyl (C=O) groups excluding carboxylic acids is 1. The van der Waals surface area contributed by atoms with E-state index in [1.54, 1.807) is 35.3 Å². The summed E-state index contributed by atoms with van der Waals surface area (Å²) in [5.74, 6) is -0.229. The first-order valence-electron chi connectivity index (χ1n) is 8.80. The van der Waals surface area contributed by atoms with Gasteiger partial charge in [-0.25, -0.2) is 4.68 Å². The Kier molecular flexibility index (Phi) is 4.47. The maximum Gasteiger partial charge on any atom is 0.253 e. The fourth-order valence-corrected chi connectivity index (χ4v) is 4.32. The Morgan fingerprint density at radius 3 is 2.93 bits per heavy atom. The second-order valence-electron chi connectivity index (χ2n) is 6.91. The van der Waals surface area contributed by atoms with Gasteiger partial charge in [-0.2, -0.15) is 15.6 Å². The molecule has 2 bridgehead atoms. The van der Waals surface area contributed by atoms with Crippen LogP contribution in [0.5, 0.6) is 0 Å². The molecule has 2 aliphatic heterocycles. The minimum Gasteiger partial charge on any atom is -0.347 e. The van der Waals surface area contributed by atoms with Gasteiger partial charge in [0.25, 0.3) is 5.91 Å². The monoisotopic (exact) mass is 380 g/mol. The number of benzene rings is 1. The number of hydrogen-bond acceptors (Lipinski definition) is 5. The fraction of sp³-hybridized carbons (Fsp3) is 0.368. The molecule has 136 valence electrons. The van der Waals surface area contributed by atoms with Crippen LogP contribution in [0.1, 0.15) is 35.2 Å². The van der Waals surface area contributed by atoms with E-state index in [2.05, 4.69) is 22.7 Å². The van der Waals surface area contributed by atoms with Gasteiger partial charge in [-0.3, -0.25) is 4.79 Å². The predicted octanol–water partition coefficient (Wildman–Crippen LogP) is 2.41.